The number of aromatic nitrogens is 1. The summed E-state index contributed by atoms with van der Waals surface area (Å²) in [5.74, 6) is 1.93. The van der Waals surface area contributed by atoms with Crippen LogP contribution in [-0.4, -0.2) is 27.9 Å². The van der Waals surface area contributed by atoms with Gasteiger partial charge in [0.25, 0.3) is 0 Å². The van der Waals surface area contributed by atoms with Crippen molar-refractivity contribution in [1.82, 2.24) is 4.98 Å². The smallest absolute Gasteiger partial charge is 0.321 e. The van der Waals surface area contributed by atoms with Crippen molar-refractivity contribution in [3.05, 3.63) is 77.2 Å². The van der Waals surface area contributed by atoms with Gasteiger partial charge in [-0.15, -0.1) is 11.8 Å². The molecule has 1 saturated carbocycles. The lowest BCUT2D eigenvalue weighted by atomic mass is 9.88. The van der Waals surface area contributed by atoms with E-state index in [1.165, 1.54) is 17.3 Å². The lowest BCUT2D eigenvalue weighted by Gasteiger charge is -2.29. The van der Waals surface area contributed by atoms with E-state index in [-0.39, 0.29) is 6.10 Å². The third-order valence-corrected chi connectivity index (χ3v) is 7.68. The summed E-state index contributed by atoms with van der Waals surface area (Å²) in [5.41, 5.74) is 3.87. The molecule has 0 spiro atoms. The molecule has 1 unspecified atom stereocenters. The van der Waals surface area contributed by atoms with Crippen LogP contribution >= 0.6 is 11.8 Å². The van der Waals surface area contributed by atoms with Crippen molar-refractivity contribution >= 4 is 17.7 Å². The summed E-state index contributed by atoms with van der Waals surface area (Å²) in [7, 11) is 0. The van der Waals surface area contributed by atoms with Crippen LogP contribution in [0.3, 0.4) is 0 Å². The van der Waals surface area contributed by atoms with Gasteiger partial charge in [0.2, 0.25) is 5.89 Å². The zero-order valence-electron chi connectivity index (χ0n) is 19.2. The lowest BCUT2D eigenvalue weighted by molar-refractivity contribution is -0.136. The molecule has 1 fully saturated rings. The molecule has 0 aliphatic heterocycles. The molecule has 4 rings (SSSR count). The van der Waals surface area contributed by atoms with Crippen LogP contribution in [0.25, 0.3) is 11.5 Å². The van der Waals surface area contributed by atoms with Gasteiger partial charge >= 0.3 is 5.97 Å². The van der Waals surface area contributed by atoms with E-state index in [4.69, 9.17) is 9.15 Å². The number of nitrogens with zero attached hydrogens (tertiary/aromatic N) is 1. The van der Waals surface area contributed by atoms with Crippen molar-refractivity contribution in [1.29, 1.82) is 0 Å². The van der Waals surface area contributed by atoms with Crippen LogP contribution in [0.1, 0.15) is 53.5 Å². The Morgan fingerprint density at radius 1 is 1.15 bits per heavy atom. The number of carboxylic acids is 1. The normalized spacial score (nSPS) is 19.3. The van der Waals surface area contributed by atoms with Gasteiger partial charge in [-0.25, -0.2) is 4.98 Å². The third kappa shape index (κ3) is 6.27. The van der Waals surface area contributed by atoms with E-state index in [0.717, 1.165) is 54.0 Å². The van der Waals surface area contributed by atoms with E-state index in [9.17, 15) is 9.90 Å². The predicted molar refractivity (Wildman–Crippen MR) is 131 cm³/mol. The minimum Gasteiger partial charge on any atom is -0.480 e. The number of thioether (sulfide) groups is 1. The molecule has 2 aromatic carbocycles. The Bertz CT molecular complexity index is 1050. The minimum atomic E-state index is -0.777. The van der Waals surface area contributed by atoms with Crippen LogP contribution in [-0.2, 0) is 16.1 Å². The highest BCUT2D eigenvalue weighted by atomic mass is 32.2. The van der Waals surface area contributed by atoms with Gasteiger partial charge in [-0.1, -0.05) is 54.4 Å². The standard InChI is InChI=1S/C27H31NO4S/c1-18-11-13-22(14-12-18)26-28-24(19(2)32-26)16-31-23-10-6-7-20(15-23)17-33-25(27(29)30)21-8-4-3-5-9-21/h3-5,8-9,11-14,20,23,25H,6-7,10,15-17H2,1-2H3,(H,29,30)/t20-,23+,25?/m0/s1. The number of hydrogen-bond acceptors (Lipinski definition) is 5. The minimum absolute atomic E-state index is 0.170. The number of aliphatic carboxylic acids is 1. The van der Waals surface area contributed by atoms with Crippen molar-refractivity contribution < 1.29 is 19.1 Å². The van der Waals surface area contributed by atoms with Crippen LogP contribution in [0.5, 0.6) is 0 Å². The molecule has 0 amide bonds. The van der Waals surface area contributed by atoms with Crippen molar-refractivity contribution in [3.8, 4) is 11.5 Å². The third-order valence-electron chi connectivity index (χ3n) is 6.21. The summed E-state index contributed by atoms with van der Waals surface area (Å²) in [6, 6.07) is 17.6. The Morgan fingerprint density at radius 3 is 2.64 bits per heavy atom. The fraction of sp³-hybridized carbons (Fsp3) is 0.407. The summed E-state index contributed by atoms with van der Waals surface area (Å²) < 4.78 is 12.1. The van der Waals surface area contributed by atoms with Crippen LogP contribution in [0, 0.1) is 19.8 Å². The van der Waals surface area contributed by atoms with Gasteiger partial charge in [0, 0.05) is 5.56 Å². The molecule has 3 atom stereocenters. The van der Waals surface area contributed by atoms with E-state index in [2.05, 4.69) is 24.0 Å². The number of rotatable bonds is 9. The average molecular weight is 466 g/mol. The topological polar surface area (TPSA) is 72.6 Å². The molecule has 1 N–H and O–H groups in total. The van der Waals surface area contributed by atoms with E-state index in [1.807, 2.05) is 49.4 Å². The number of ether oxygens (including phenoxy) is 1. The first-order valence-corrected chi connectivity index (χ1v) is 12.6. The van der Waals surface area contributed by atoms with Gasteiger partial charge in [0.15, 0.2) is 0 Å². The molecule has 0 bridgehead atoms. The Labute approximate surface area is 199 Å². The maximum atomic E-state index is 11.8. The number of carboxylic acid groups (broad SMARTS) is 1. The number of oxazole rings is 1. The van der Waals surface area contributed by atoms with Gasteiger partial charge in [-0.05, 0) is 62.5 Å². The number of benzene rings is 2. The first kappa shape index (κ1) is 23.6. The van der Waals surface area contributed by atoms with Crippen LogP contribution < -0.4 is 0 Å². The summed E-state index contributed by atoms with van der Waals surface area (Å²) in [6.45, 7) is 4.43. The van der Waals surface area contributed by atoms with Gasteiger partial charge in [0.1, 0.15) is 16.7 Å². The quantitative estimate of drug-likeness (QED) is 0.384. The van der Waals surface area contributed by atoms with E-state index in [1.54, 1.807) is 0 Å². The maximum absolute atomic E-state index is 11.8. The second-order valence-electron chi connectivity index (χ2n) is 8.82. The van der Waals surface area contributed by atoms with Gasteiger partial charge in [-0.3, -0.25) is 4.79 Å². The molecule has 0 saturated heterocycles. The zero-order valence-corrected chi connectivity index (χ0v) is 20.0. The van der Waals surface area contributed by atoms with E-state index < -0.39 is 11.2 Å². The van der Waals surface area contributed by atoms with Crippen molar-refractivity contribution in [3.63, 3.8) is 0 Å². The molecule has 33 heavy (non-hydrogen) atoms. The number of hydrogen-bond donors (Lipinski definition) is 1. The van der Waals surface area contributed by atoms with E-state index >= 15 is 0 Å². The maximum Gasteiger partial charge on any atom is 0.321 e. The van der Waals surface area contributed by atoms with Crippen LogP contribution in [0.2, 0.25) is 0 Å². The second-order valence-corrected chi connectivity index (χ2v) is 9.95. The molecule has 1 aliphatic rings. The first-order valence-electron chi connectivity index (χ1n) is 11.5. The monoisotopic (exact) mass is 465 g/mol. The summed E-state index contributed by atoms with van der Waals surface area (Å²) >= 11 is 1.53. The van der Waals surface area contributed by atoms with Crippen LogP contribution in [0.4, 0.5) is 0 Å². The number of aryl methyl sites for hydroxylation is 2. The first-order chi connectivity index (χ1) is 16.0. The highest BCUT2D eigenvalue weighted by Crippen LogP contribution is 2.36. The fourth-order valence-electron chi connectivity index (χ4n) is 4.29. The Kier molecular flexibility index (Phi) is 7.89. The fourth-order valence-corrected chi connectivity index (χ4v) is 5.55. The van der Waals surface area contributed by atoms with Gasteiger partial charge < -0.3 is 14.3 Å². The highest BCUT2D eigenvalue weighted by Gasteiger charge is 2.27. The Hall–Kier alpha value is -2.57. The Balaban J connectivity index is 1.30. The molecule has 174 valence electrons. The van der Waals surface area contributed by atoms with Crippen molar-refractivity contribution in [2.24, 2.45) is 5.92 Å². The SMILES string of the molecule is Cc1ccc(-c2nc(CO[C@@H]3CCC[C@H](CSC(C(=O)O)c4ccccc4)C3)c(C)o2)cc1. The summed E-state index contributed by atoms with van der Waals surface area (Å²) in [6.07, 6.45) is 4.38. The lowest BCUT2D eigenvalue weighted by Crippen LogP contribution is -2.25. The Morgan fingerprint density at radius 2 is 1.91 bits per heavy atom. The number of carbonyl (C=O) groups is 1. The predicted octanol–water partition coefficient (Wildman–Crippen LogP) is 6.59. The molecular weight excluding hydrogens is 434 g/mol. The van der Waals surface area contributed by atoms with Gasteiger partial charge in [0.05, 0.1) is 12.7 Å². The second kappa shape index (κ2) is 11.0. The van der Waals surface area contributed by atoms with Crippen molar-refractivity contribution in [2.45, 2.75) is 57.5 Å². The summed E-state index contributed by atoms with van der Waals surface area (Å²) in [4.78, 5) is 16.5. The molecule has 5 nitrogen and oxygen atoms in total. The summed E-state index contributed by atoms with van der Waals surface area (Å²) in [5, 5.41) is 9.16. The van der Waals surface area contributed by atoms with Crippen molar-refractivity contribution in [2.75, 3.05) is 5.75 Å². The molecule has 3 aromatic rings. The molecular formula is C27H31NO4S. The van der Waals surface area contributed by atoms with E-state index in [0.29, 0.717) is 18.4 Å². The largest absolute Gasteiger partial charge is 0.480 e. The van der Waals surface area contributed by atoms with Crippen LogP contribution in [0.15, 0.2) is 59.0 Å². The van der Waals surface area contributed by atoms with Gasteiger partial charge in [-0.2, -0.15) is 0 Å². The average Bonchev–Trinajstić information content (AvgIpc) is 3.19. The molecule has 1 heterocycles. The molecule has 0 radical (unpaired) electrons. The molecule has 1 aliphatic carbocycles. The zero-order chi connectivity index (χ0) is 23.2. The molecule has 1 aromatic heterocycles. The highest BCUT2D eigenvalue weighted by molar-refractivity contribution is 8.00. The molecule has 6 heteroatoms.